The number of benzene rings is 2. The molecule has 1 heterocycles. The molecule has 1 aliphatic heterocycles. The standard InChI is InChI=1S/C18H18INO3/c1-13(21)23-19-16-12-8-7-11-15(16)17(22)20(19)18(2,3)14-9-5-4-6-10-14/h4-12H,1-3H3. The van der Waals surface area contributed by atoms with Crippen molar-refractivity contribution in [1.29, 1.82) is 0 Å². The van der Waals surface area contributed by atoms with Gasteiger partial charge in [0.25, 0.3) is 0 Å². The van der Waals surface area contributed by atoms with E-state index in [0.717, 1.165) is 9.13 Å². The summed E-state index contributed by atoms with van der Waals surface area (Å²) >= 11 is -2.58. The molecule has 0 saturated carbocycles. The van der Waals surface area contributed by atoms with Crippen LogP contribution in [0.4, 0.5) is 0 Å². The Morgan fingerprint density at radius 1 is 1.04 bits per heavy atom. The van der Waals surface area contributed by atoms with Crippen LogP contribution >= 0.6 is 20.5 Å². The van der Waals surface area contributed by atoms with E-state index in [0.29, 0.717) is 5.56 Å². The Morgan fingerprint density at radius 3 is 2.30 bits per heavy atom. The van der Waals surface area contributed by atoms with E-state index in [9.17, 15) is 9.59 Å². The Hall–Kier alpha value is -1.89. The molecule has 0 atom stereocenters. The number of carbonyl (C=O) groups excluding carboxylic acids is 2. The fourth-order valence-corrected chi connectivity index (χ4v) is 7.62. The summed E-state index contributed by atoms with van der Waals surface area (Å²) in [7, 11) is 0. The van der Waals surface area contributed by atoms with Gasteiger partial charge in [0.15, 0.2) is 0 Å². The van der Waals surface area contributed by atoms with Crippen molar-refractivity contribution >= 4 is 32.4 Å². The fourth-order valence-electron chi connectivity index (χ4n) is 2.63. The summed E-state index contributed by atoms with van der Waals surface area (Å²) in [4.78, 5) is 24.6. The Kier molecular flexibility index (Phi) is 4.14. The van der Waals surface area contributed by atoms with Crippen molar-refractivity contribution in [2.24, 2.45) is 0 Å². The van der Waals surface area contributed by atoms with E-state index in [1.165, 1.54) is 6.92 Å². The van der Waals surface area contributed by atoms with Crippen molar-refractivity contribution in [3.8, 4) is 0 Å². The molecule has 5 heteroatoms. The molecule has 1 amide bonds. The summed E-state index contributed by atoms with van der Waals surface area (Å²) in [6, 6.07) is 17.3. The molecule has 0 aromatic heterocycles. The normalized spacial score (nSPS) is 15.5. The molecule has 4 nitrogen and oxygen atoms in total. The predicted molar refractivity (Wildman–Crippen MR) is 96.6 cm³/mol. The van der Waals surface area contributed by atoms with Crippen molar-refractivity contribution in [3.63, 3.8) is 0 Å². The monoisotopic (exact) mass is 423 g/mol. The number of hydrogen-bond acceptors (Lipinski definition) is 3. The molecule has 0 radical (unpaired) electrons. The van der Waals surface area contributed by atoms with Gasteiger partial charge in [0.05, 0.1) is 0 Å². The van der Waals surface area contributed by atoms with Crippen molar-refractivity contribution in [3.05, 3.63) is 69.3 Å². The predicted octanol–water partition coefficient (Wildman–Crippen LogP) is 4.15. The van der Waals surface area contributed by atoms with Crippen LogP contribution in [0.5, 0.6) is 0 Å². The second-order valence-corrected chi connectivity index (χ2v) is 9.67. The quantitative estimate of drug-likeness (QED) is 0.551. The number of carbonyl (C=O) groups is 2. The van der Waals surface area contributed by atoms with Crippen LogP contribution < -0.4 is 0 Å². The van der Waals surface area contributed by atoms with Gasteiger partial charge in [-0.05, 0) is 0 Å². The molecule has 0 spiro atoms. The third-order valence-electron chi connectivity index (χ3n) is 3.76. The third-order valence-corrected chi connectivity index (χ3v) is 9.26. The Balaban J connectivity index is 2.10. The van der Waals surface area contributed by atoms with Gasteiger partial charge in [-0.2, -0.15) is 0 Å². The number of halogens is 1. The van der Waals surface area contributed by atoms with Crippen LogP contribution in [0.2, 0.25) is 0 Å². The summed E-state index contributed by atoms with van der Waals surface area (Å²) in [5, 5.41) is 0. The van der Waals surface area contributed by atoms with Gasteiger partial charge in [-0.25, -0.2) is 0 Å². The number of amides is 1. The molecule has 3 rings (SSSR count). The van der Waals surface area contributed by atoms with Crippen molar-refractivity contribution in [2.45, 2.75) is 26.3 Å². The van der Waals surface area contributed by atoms with Gasteiger partial charge in [0, 0.05) is 0 Å². The van der Waals surface area contributed by atoms with E-state index in [-0.39, 0.29) is 11.9 Å². The third kappa shape index (κ3) is 2.73. The minimum atomic E-state index is -2.58. The van der Waals surface area contributed by atoms with E-state index in [1.807, 2.05) is 68.4 Å². The zero-order valence-corrected chi connectivity index (χ0v) is 15.4. The van der Waals surface area contributed by atoms with Gasteiger partial charge in [0.2, 0.25) is 0 Å². The molecular formula is C18H18INO3. The number of rotatable bonds is 3. The van der Waals surface area contributed by atoms with Crippen LogP contribution in [0.25, 0.3) is 0 Å². The SMILES string of the molecule is CC(=O)OI1c2ccccc2C(=O)N1C(C)(C)c1ccccc1. The van der Waals surface area contributed by atoms with Gasteiger partial charge >= 0.3 is 144 Å². The summed E-state index contributed by atoms with van der Waals surface area (Å²) in [5.41, 5.74) is 1.14. The molecule has 0 aliphatic carbocycles. The molecule has 0 N–H and O–H groups in total. The topological polar surface area (TPSA) is 46.6 Å². The van der Waals surface area contributed by atoms with Crippen LogP contribution in [0.3, 0.4) is 0 Å². The molecule has 2 aromatic rings. The second-order valence-electron chi connectivity index (χ2n) is 5.79. The Bertz CT molecular complexity index is 758. The molecule has 0 unspecified atom stereocenters. The number of hydrogen-bond donors (Lipinski definition) is 0. The van der Waals surface area contributed by atoms with E-state index in [4.69, 9.17) is 3.07 Å². The van der Waals surface area contributed by atoms with E-state index in [2.05, 4.69) is 0 Å². The van der Waals surface area contributed by atoms with Crippen molar-refractivity contribution in [2.75, 3.05) is 0 Å². The Morgan fingerprint density at radius 2 is 1.65 bits per heavy atom. The van der Waals surface area contributed by atoms with Gasteiger partial charge in [0.1, 0.15) is 0 Å². The number of nitrogens with zero attached hydrogens (tertiary/aromatic N) is 1. The van der Waals surface area contributed by atoms with E-state index in [1.54, 1.807) is 3.11 Å². The molecular weight excluding hydrogens is 405 g/mol. The summed E-state index contributed by atoms with van der Waals surface area (Å²) in [5.74, 6) is -0.394. The van der Waals surface area contributed by atoms with Crippen LogP contribution in [-0.2, 0) is 13.4 Å². The minimum absolute atomic E-state index is 0.0547. The maximum absolute atomic E-state index is 13.0. The van der Waals surface area contributed by atoms with Crippen LogP contribution in [0, 0.1) is 3.57 Å². The molecule has 0 bridgehead atoms. The molecule has 0 fully saturated rings. The van der Waals surface area contributed by atoms with Gasteiger partial charge in [-0.3, -0.25) is 0 Å². The molecule has 120 valence electrons. The first-order chi connectivity index (χ1) is 10.9. The molecule has 23 heavy (non-hydrogen) atoms. The zero-order valence-electron chi connectivity index (χ0n) is 13.2. The average Bonchev–Trinajstić information content (AvgIpc) is 2.81. The maximum atomic E-state index is 13.0. The molecule has 2 aromatic carbocycles. The summed E-state index contributed by atoms with van der Waals surface area (Å²) < 4.78 is 8.34. The van der Waals surface area contributed by atoms with E-state index < -0.39 is 26.0 Å². The fraction of sp³-hybridized carbons (Fsp3) is 0.222. The summed E-state index contributed by atoms with van der Waals surface area (Å²) in [6.45, 7) is 5.40. The zero-order chi connectivity index (χ0) is 16.6. The average molecular weight is 423 g/mol. The molecule has 0 saturated heterocycles. The van der Waals surface area contributed by atoms with Crippen molar-refractivity contribution < 1.29 is 12.7 Å². The van der Waals surface area contributed by atoms with Gasteiger partial charge < -0.3 is 0 Å². The first-order valence-electron chi connectivity index (χ1n) is 7.31. The van der Waals surface area contributed by atoms with E-state index >= 15 is 0 Å². The first-order valence-corrected chi connectivity index (χ1v) is 10.2. The van der Waals surface area contributed by atoms with Crippen LogP contribution in [-0.4, -0.2) is 15.0 Å². The first kappa shape index (κ1) is 16.0. The van der Waals surface area contributed by atoms with Crippen LogP contribution in [0.1, 0.15) is 36.7 Å². The van der Waals surface area contributed by atoms with Crippen LogP contribution in [0.15, 0.2) is 54.6 Å². The van der Waals surface area contributed by atoms with Gasteiger partial charge in [-0.15, -0.1) is 0 Å². The molecule has 1 aliphatic rings. The van der Waals surface area contributed by atoms with Gasteiger partial charge in [-0.1, -0.05) is 0 Å². The second kappa shape index (κ2) is 5.96. The summed E-state index contributed by atoms with van der Waals surface area (Å²) in [6.07, 6.45) is 0. The Labute approximate surface area is 143 Å². The van der Waals surface area contributed by atoms with Crippen molar-refractivity contribution in [1.82, 2.24) is 3.11 Å². The number of fused-ring (bicyclic) bond motifs is 1.